The zero-order valence-corrected chi connectivity index (χ0v) is 21.4. The third-order valence-corrected chi connectivity index (χ3v) is 8.88. The molecule has 2 aliphatic heterocycles. The lowest BCUT2D eigenvalue weighted by atomic mass is 10.1. The van der Waals surface area contributed by atoms with Gasteiger partial charge in [-0.3, -0.25) is 4.79 Å². The lowest BCUT2D eigenvalue weighted by Gasteiger charge is -2.29. The van der Waals surface area contributed by atoms with Crippen molar-refractivity contribution in [2.24, 2.45) is 0 Å². The van der Waals surface area contributed by atoms with Crippen LogP contribution in [0.4, 0.5) is 11.4 Å². The first-order valence-corrected chi connectivity index (χ1v) is 13.5. The van der Waals surface area contributed by atoms with Crippen molar-refractivity contribution in [1.82, 2.24) is 15.0 Å². The minimum Gasteiger partial charge on any atom is -0.378 e. The zero-order chi connectivity index (χ0) is 24.5. The Labute approximate surface area is 217 Å². The summed E-state index contributed by atoms with van der Waals surface area (Å²) in [6, 6.07) is 18.5. The molecule has 0 aliphatic carbocycles. The van der Waals surface area contributed by atoms with Crippen molar-refractivity contribution in [3.63, 3.8) is 0 Å². The largest absolute Gasteiger partial charge is 0.378 e. The van der Waals surface area contributed by atoms with E-state index in [1.165, 1.54) is 19.6 Å². The number of pyridine rings is 1. The number of nitrogens with one attached hydrogen (secondary N) is 2. The molecule has 0 radical (unpaired) electrons. The Morgan fingerprint density at radius 1 is 1.03 bits per heavy atom. The number of nitrogens with zero attached hydrogens (tertiary/aromatic N) is 3. The van der Waals surface area contributed by atoms with Gasteiger partial charge in [-0.15, -0.1) is 0 Å². The Balaban J connectivity index is 1.28. The zero-order valence-electron chi connectivity index (χ0n) is 19.7. The van der Waals surface area contributed by atoms with E-state index in [9.17, 15) is 4.79 Å². The molecule has 4 heterocycles. The predicted molar refractivity (Wildman–Crippen MR) is 144 cm³/mol. The number of H-pyrrole nitrogens is 1. The van der Waals surface area contributed by atoms with Crippen molar-refractivity contribution in [2.45, 2.75) is 32.5 Å². The number of hydrogen-bond donors (Lipinski definition) is 2. The quantitative estimate of drug-likeness (QED) is 0.319. The third-order valence-electron chi connectivity index (χ3n) is 6.28. The molecular weight excluding hydrogens is 490 g/mol. The van der Waals surface area contributed by atoms with Gasteiger partial charge in [0.25, 0.3) is 0 Å². The van der Waals surface area contributed by atoms with Gasteiger partial charge in [0.15, 0.2) is 0 Å². The van der Waals surface area contributed by atoms with Crippen LogP contribution in [0.3, 0.4) is 0 Å². The Morgan fingerprint density at radius 2 is 1.92 bits per heavy atom. The van der Waals surface area contributed by atoms with Crippen LogP contribution in [0.1, 0.15) is 18.7 Å². The summed E-state index contributed by atoms with van der Waals surface area (Å²) in [6.45, 7) is 5.04. The number of morpholine rings is 1. The van der Waals surface area contributed by atoms with Gasteiger partial charge in [0.05, 0.1) is 30.6 Å². The molecule has 2 aromatic heterocycles. The van der Waals surface area contributed by atoms with Gasteiger partial charge >= 0.3 is 0 Å². The van der Waals surface area contributed by atoms with E-state index < -0.39 is 0 Å². The molecule has 36 heavy (non-hydrogen) atoms. The van der Waals surface area contributed by atoms with Crippen molar-refractivity contribution in [1.29, 1.82) is 0 Å². The van der Waals surface area contributed by atoms with Gasteiger partial charge in [0.2, 0.25) is 5.56 Å². The fraction of sp³-hybridized carbons (Fsp3) is 0.222. The Hall–Kier alpha value is -3.27. The summed E-state index contributed by atoms with van der Waals surface area (Å²) in [7, 11) is 0. The average Bonchev–Trinajstić information content (AvgIpc) is 2.92. The van der Waals surface area contributed by atoms with Crippen LogP contribution in [0.15, 0.2) is 91.5 Å². The summed E-state index contributed by atoms with van der Waals surface area (Å²) in [5.74, 6) is 0. The van der Waals surface area contributed by atoms with Crippen molar-refractivity contribution in [2.75, 3.05) is 36.5 Å². The van der Waals surface area contributed by atoms with E-state index in [0.717, 1.165) is 41.4 Å². The van der Waals surface area contributed by atoms with Gasteiger partial charge < -0.3 is 19.9 Å². The number of aromatic nitrogens is 3. The summed E-state index contributed by atoms with van der Waals surface area (Å²) in [6.07, 6.45) is 3.34. The highest BCUT2D eigenvalue weighted by atomic mass is 32.2. The van der Waals surface area contributed by atoms with Gasteiger partial charge in [-0.05, 0) is 43.3 Å². The molecule has 6 rings (SSSR count). The van der Waals surface area contributed by atoms with Crippen molar-refractivity contribution in [3.8, 4) is 11.3 Å². The topological polar surface area (TPSA) is 83.1 Å². The van der Waals surface area contributed by atoms with Crippen LogP contribution in [-0.4, -0.2) is 41.3 Å². The van der Waals surface area contributed by atoms with Gasteiger partial charge in [0, 0.05) is 61.9 Å². The first-order valence-electron chi connectivity index (χ1n) is 11.9. The third kappa shape index (κ3) is 4.74. The maximum absolute atomic E-state index is 12.6. The van der Waals surface area contributed by atoms with E-state index in [1.807, 2.05) is 6.07 Å². The fourth-order valence-electron chi connectivity index (χ4n) is 4.46. The number of fused-ring (bicyclic) bond motifs is 2. The van der Waals surface area contributed by atoms with Crippen LogP contribution in [0.5, 0.6) is 0 Å². The molecule has 2 N–H and O–H groups in total. The van der Waals surface area contributed by atoms with Gasteiger partial charge in [-0.25, -0.2) is 9.97 Å². The van der Waals surface area contributed by atoms with Gasteiger partial charge in [-0.1, -0.05) is 35.7 Å². The number of anilines is 2. The average molecular weight is 516 g/mol. The predicted octanol–water partition coefficient (Wildman–Crippen LogP) is 5.46. The van der Waals surface area contributed by atoms with Crippen LogP contribution in [0.25, 0.3) is 11.3 Å². The van der Waals surface area contributed by atoms with Crippen LogP contribution in [0.2, 0.25) is 0 Å². The molecule has 0 saturated carbocycles. The van der Waals surface area contributed by atoms with E-state index in [2.05, 4.69) is 74.6 Å². The second-order valence-electron chi connectivity index (χ2n) is 8.71. The number of rotatable bonds is 5. The molecule has 9 heteroatoms. The smallest absolute Gasteiger partial charge is 0.250 e. The normalized spacial score (nSPS) is 15.6. The summed E-state index contributed by atoms with van der Waals surface area (Å²) in [4.78, 5) is 31.0. The summed E-state index contributed by atoms with van der Waals surface area (Å²) >= 11 is 3.51. The molecule has 2 aromatic carbocycles. The molecule has 1 atom stereocenters. The lowest BCUT2D eigenvalue weighted by Crippen LogP contribution is -2.36. The Morgan fingerprint density at radius 3 is 2.75 bits per heavy atom. The SMILES string of the molecule is CC(Nc1ccc2c(c1)Sc1cccc(-c3cc(N4CCOCC4)cc(=O)[nH]3)c1S2)c1ccncn1. The number of benzene rings is 2. The standard InChI is InChI=1S/C27H25N5O2S2/c1-17(21-7-8-28-16-29-21)30-18-5-6-23-25(13-18)35-24-4-2-3-20(27(24)36-23)22-14-19(15-26(33)31-22)32-9-11-34-12-10-32/h2-8,13-17,30H,9-12H2,1H3,(H,31,33). The van der Waals surface area contributed by atoms with Crippen LogP contribution >= 0.6 is 23.5 Å². The monoisotopic (exact) mass is 515 g/mol. The molecule has 1 saturated heterocycles. The van der Waals surface area contributed by atoms with Crippen LogP contribution in [0, 0.1) is 0 Å². The van der Waals surface area contributed by atoms with E-state index in [1.54, 1.807) is 42.1 Å². The van der Waals surface area contributed by atoms with E-state index in [4.69, 9.17) is 4.74 Å². The minimum absolute atomic E-state index is 0.0711. The van der Waals surface area contributed by atoms with E-state index >= 15 is 0 Å². The molecule has 1 fully saturated rings. The molecule has 1 unspecified atom stereocenters. The van der Waals surface area contributed by atoms with Crippen LogP contribution in [-0.2, 0) is 4.74 Å². The first-order chi connectivity index (χ1) is 17.6. The highest BCUT2D eigenvalue weighted by molar-refractivity contribution is 8.05. The number of ether oxygens (including phenoxy) is 1. The van der Waals surface area contributed by atoms with Crippen molar-refractivity contribution >= 4 is 34.9 Å². The summed E-state index contributed by atoms with van der Waals surface area (Å²) in [5, 5.41) is 3.55. The minimum atomic E-state index is -0.0889. The molecule has 2 aliphatic rings. The molecule has 4 aromatic rings. The Kier molecular flexibility index (Phi) is 6.43. The molecule has 0 spiro atoms. The summed E-state index contributed by atoms with van der Waals surface area (Å²) in [5.41, 5.74) is 4.74. The number of aromatic amines is 1. The molecular formula is C27H25N5O2S2. The highest BCUT2D eigenvalue weighted by Gasteiger charge is 2.22. The lowest BCUT2D eigenvalue weighted by molar-refractivity contribution is 0.122. The molecule has 7 nitrogen and oxygen atoms in total. The molecule has 0 amide bonds. The second-order valence-corrected chi connectivity index (χ2v) is 10.9. The number of hydrogen-bond acceptors (Lipinski definition) is 8. The highest BCUT2D eigenvalue weighted by Crippen LogP contribution is 2.52. The maximum Gasteiger partial charge on any atom is 0.250 e. The van der Waals surface area contributed by atoms with Gasteiger partial charge in [0.1, 0.15) is 6.33 Å². The van der Waals surface area contributed by atoms with E-state index in [-0.39, 0.29) is 11.6 Å². The summed E-state index contributed by atoms with van der Waals surface area (Å²) < 4.78 is 5.48. The van der Waals surface area contributed by atoms with Crippen molar-refractivity contribution < 1.29 is 4.74 Å². The van der Waals surface area contributed by atoms with Crippen LogP contribution < -0.4 is 15.8 Å². The maximum atomic E-state index is 12.6. The van der Waals surface area contributed by atoms with Gasteiger partial charge in [-0.2, -0.15) is 0 Å². The second kappa shape index (κ2) is 10.0. The molecule has 182 valence electrons. The fourth-order valence-corrected chi connectivity index (χ4v) is 6.88. The molecule has 0 bridgehead atoms. The first kappa shape index (κ1) is 23.1. The Bertz CT molecular complexity index is 1450. The van der Waals surface area contributed by atoms with Crippen molar-refractivity contribution in [3.05, 3.63) is 83.2 Å². The van der Waals surface area contributed by atoms with E-state index in [0.29, 0.717) is 13.2 Å².